The molecular formula is C17H16N4O3. The topological polar surface area (TPSA) is 90.2 Å². The molecule has 1 aromatic heterocycles. The van der Waals surface area contributed by atoms with Crippen LogP contribution in [0.5, 0.6) is 5.75 Å². The smallest absolute Gasteiger partial charge is 0.270 e. The Morgan fingerprint density at radius 2 is 2.08 bits per heavy atom. The fourth-order valence-electron chi connectivity index (χ4n) is 2.45. The van der Waals surface area contributed by atoms with Crippen LogP contribution in [0.15, 0.2) is 48.8 Å². The normalized spacial score (nSPS) is 10.5. The van der Waals surface area contributed by atoms with E-state index in [9.17, 15) is 10.1 Å². The molecule has 7 heteroatoms. The van der Waals surface area contributed by atoms with Crippen LogP contribution in [0.2, 0.25) is 0 Å². The molecule has 122 valence electrons. The van der Waals surface area contributed by atoms with Gasteiger partial charge in [-0.2, -0.15) is 0 Å². The number of nitro benzene ring substituents is 1. The largest absolute Gasteiger partial charge is 0.497 e. The molecule has 0 amide bonds. The van der Waals surface area contributed by atoms with Crippen LogP contribution < -0.4 is 10.1 Å². The van der Waals surface area contributed by atoms with Crippen molar-refractivity contribution in [2.45, 2.75) is 6.42 Å². The molecule has 0 spiro atoms. The monoisotopic (exact) mass is 324 g/mol. The van der Waals surface area contributed by atoms with Crippen molar-refractivity contribution in [1.82, 2.24) is 9.97 Å². The summed E-state index contributed by atoms with van der Waals surface area (Å²) < 4.78 is 5.21. The Hall–Kier alpha value is -3.22. The van der Waals surface area contributed by atoms with Gasteiger partial charge in [-0.3, -0.25) is 10.1 Å². The van der Waals surface area contributed by atoms with Gasteiger partial charge in [0, 0.05) is 24.1 Å². The summed E-state index contributed by atoms with van der Waals surface area (Å²) in [5, 5.41) is 14.8. The summed E-state index contributed by atoms with van der Waals surface area (Å²) >= 11 is 0. The van der Waals surface area contributed by atoms with Crippen LogP contribution in [0.1, 0.15) is 5.56 Å². The number of non-ortho nitro benzene ring substituents is 1. The summed E-state index contributed by atoms with van der Waals surface area (Å²) in [7, 11) is 1.64. The van der Waals surface area contributed by atoms with E-state index in [1.165, 1.54) is 18.5 Å². The van der Waals surface area contributed by atoms with E-state index < -0.39 is 4.92 Å². The third-order valence-corrected chi connectivity index (χ3v) is 3.67. The van der Waals surface area contributed by atoms with Gasteiger partial charge in [-0.15, -0.1) is 0 Å². The Balaban J connectivity index is 1.77. The van der Waals surface area contributed by atoms with Gasteiger partial charge in [0.25, 0.3) is 5.69 Å². The average molecular weight is 324 g/mol. The molecule has 1 heterocycles. The number of anilines is 1. The summed E-state index contributed by atoms with van der Waals surface area (Å²) in [6, 6.07) is 12.4. The molecule has 0 fully saturated rings. The zero-order valence-electron chi connectivity index (χ0n) is 13.1. The van der Waals surface area contributed by atoms with Crippen molar-refractivity contribution in [2.24, 2.45) is 0 Å². The lowest BCUT2D eigenvalue weighted by Crippen LogP contribution is -2.07. The quantitative estimate of drug-likeness (QED) is 0.553. The van der Waals surface area contributed by atoms with Crippen molar-refractivity contribution in [3.8, 4) is 5.75 Å². The van der Waals surface area contributed by atoms with Crippen LogP contribution in [0.3, 0.4) is 0 Å². The van der Waals surface area contributed by atoms with E-state index >= 15 is 0 Å². The molecule has 7 nitrogen and oxygen atoms in total. The molecule has 3 aromatic rings. The first-order valence-corrected chi connectivity index (χ1v) is 7.43. The van der Waals surface area contributed by atoms with Crippen molar-refractivity contribution >= 4 is 22.4 Å². The molecule has 24 heavy (non-hydrogen) atoms. The fourth-order valence-corrected chi connectivity index (χ4v) is 2.45. The molecule has 0 bridgehead atoms. The maximum atomic E-state index is 10.9. The highest BCUT2D eigenvalue weighted by Gasteiger charge is 2.10. The van der Waals surface area contributed by atoms with Crippen molar-refractivity contribution in [3.63, 3.8) is 0 Å². The zero-order chi connectivity index (χ0) is 16.9. The number of rotatable bonds is 6. The molecule has 0 aliphatic heterocycles. The number of fused-ring (bicyclic) bond motifs is 1. The van der Waals surface area contributed by atoms with E-state index in [4.69, 9.17) is 4.74 Å². The van der Waals surface area contributed by atoms with Crippen LogP contribution >= 0.6 is 0 Å². The van der Waals surface area contributed by atoms with Gasteiger partial charge in [-0.05, 0) is 30.2 Å². The Bertz CT molecular complexity index is 883. The highest BCUT2D eigenvalue weighted by Crippen LogP contribution is 2.24. The molecule has 0 atom stereocenters. The number of nitrogens with one attached hydrogen (secondary N) is 1. The van der Waals surface area contributed by atoms with E-state index in [0.29, 0.717) is 23.3 Å². The second kappa shape index (κ2) is 6.91. The summed E-state index contributed by atoms with van der Waals surface area (Å²) in [6.07, 6.45) is 2.22. The number of hydrogen-bond donors (Lipinski definition) is 1. The Morgan fingerprint density at radius 1 is 1.21 bits per heavy atom. The first-order valence-electron chi connectivity index (χ1n) is 7.43. The van der Waals surface area contributed by atoms with Gasteiger partial charge in [0.2, 0.25) is 0 Å². The second-order valence-electron chi connectivity index (χ2n) is 5.21. The lowest BCUT2D eigenvalue weighted by Gasteiger charge is -2.09. The molecule has 3 rings (SSSR count). The first kappa shape index (κ1) is 15.7. The minimum atomic E-state index is -0.424. The summed E-state index contributed by atoms with van der Waals surface area (Å²) in [5.41, 5.74) is 1.82. The van der Waals surface area contributed by atoms with Crippen molar-refractivity contribution in [1.29, 1.82) is 0 Å². The summed E-state index contributed by atoms with van der Waals surface area (Å²) in [6.45, 7) is 0.641. The number of aromatic nitrogens is 2. The van der Waals surface area contributed by atoms with E-state index in [2.05, 4.69) is 15.3 Å². The standard InChI is InChI=1S/C17H16N4O3/c1-24-14-4-2-3-12(9-14)7-8-18-17-15-10-13(21(22)23)5-6-16(15)19-11-20-17/h2-6,9-11H,7-8H2,1H3,(H,18,19,20). The predicted molar refractivity (Wildman–Crippen MR) is 91.4 cm³/mol. The van der Waals surface area contributed by atoms with Gasteiger partial charge in [0.1, 0.15) is 17.9 Å². The van der Waals surface area contributed by atoms with Crippen LogP contribution in [0.25, 0.3) is 10.9 Å². The van der Waals surface area contributed by atoms with Gasteiger partial charge in [0.15, 0.2) is 0 Å². The number of hydrogen-bond acceptors (Lipinski definition) is 6. The predicted octanol–water partition coefficient (Wildman–Crippen LogP) is 3.20. The van der Waals surface area contributed by atoms with Crippen LogP contribution in [-0.2, 0) is 6.42 Å². The minimum Gasteiger partial charge on any atom is -0.497 e. The first-order chi connectivity index (χ1) is 11.7. The molecule has 1 N–H and O–H groups in total. The van der Waals surface area contributed by atoms with Gasteiger partial charge in [-0.1, -0.05) is 12.1 Å². The lowest BCUT2D eigenvalue weighted by molar-refractivity contribution is -0.384. The van der Waals surface area contributed by atoms with Crippen molar-refractivity contribution in [3.05, 3.63) is 64.5 Å². The third kappa shape index (κ3) is 3.40. The number of ether oxygens (including phenoxy) is 1. The number of nitrogens with zero attached hydrogens (tertiary/aromatic N) is 3. The van der Waals surface area contributed by atoms with E-state index in [1.807, 2.05) is 24.3 Å². The lowest BCUT2D eigenvalue weighted by atomic mass is 10.1. The number of benzene rings is 2. The second-order valence-corrected chi connectivity index (χ2v) is 5.21. The van der Waals surface area contributed by atoms with Crippen molar-refractivity contribution < 1.29 is 9.66 Å². The van der Waals surface area contributed by atoms with Crippen LogP contribution in [-0.4, -0.2) is 28.5 Å². The third-order valence-electron chi connectivity index (χ3n) is 3.67. The Labute approximate surface area is 138 Å². The number of methoxy groups -OCH3 is 1. The van der Waals surface area contributed by atoms with Gasteiger partial charge >= 0.3 is 0 Å². The Kier molecular flexibility index (Phi) is 4.51. The number of nitro groups is 1. The molecule has 0 unspecified atom stereocenters. The molecule has 0 radical (unpaired) electrons. The van der Waals surface area contributed by atoms with Gasteiger partial charge < -0.3 is 10.1 Å². The van der Waals surface area contributed by atoms with Gasteiger partial charge in [0.05, 0.1) is 17.5 Å². The highest BCUT2D eigenvalue weighted by atomic mass is 16.6. The van der Waals surface area contributed by atoms with Crippen LogP contribution in [0.4, 0.5) is 11.5 Å². The Morgan fingerprint density at radius 3 is 2.88 bits per heavy atom. The summed E-state index contributed by atoms with van der Waals surface area (Å²) in [4.78, 5) is 18.9. The fraction of sp³-hybridized carbons (Fsp3) is 0.176. The average Bonchev–Trinajstić information content (AvgIpc) is 2.61. The maximum Gasteiger partial charge on any atom is 0.270 e. The molecule has 0 aliphatic rings. The molecule has 0 saturated carbocycles. The molecule has 0 saturated heterocycles. The van der Waals surface area contributed by atoms with E-state index in [1.54, 1.807) is 13.2 Å². The highest BCUT2D eigenvalue weighted by molar-refractivity contribution is 5.90. The van der Waals surface area contributed by atoms with E-state index in [-0.39, 0.29) is 5.69 Å². The van der Waals surface area contributed by atoms with Gasteiger partial charge in [-0.25, -0.2) is 9.97 Å². The molecule has 0 aliphatic carbocycles. The minimum absolute atomic E-state index is 0.0214. The SMILES string of the molecule is COc1cccc(CCNc2ncnc3ccc([N+](=O)[O-])cc23)c1. The zero-order valence-corrected chi connectivity index (χ0v) is 13.1. The maximum absolute atomic E-state index is 10.9. The molecular weight excluding hydrogens is 308 g/mol. The van der Waals surface area contributed by atoms with Crippen LogP contribution in [0, 0.1) is 10.1 Å². The van der Waals surface area contributed by atoms with E-state index in [0.717, 1.165) is 17.7 Å². The van der Waals surface area contributed by atoms with Crippen molar-refractivity contribution in [2.75, 3.05) is 19.0 Å². The summed E-state index contributed by atoms with van der Waals surface area (Å²) in [5.74, 6) is 1.40. The molecule has 2 aromatic carbocycles.